The molecule has 0 radical (unpaired) electrons. The van der Waals surface area contributed by atoms with Gasteiger partial charge in [-0.1, -0.05) is 29.8 Å². The van der Waals surface area contributed by atoms with Crippen molar-refractivity contribution in [2.45, 2.75) is 12.8 Å². The lowest BCUT2D eigenvalue weighted by atomic mass is 9.96. The van der Waals surface area contributed by atoms with Gasteiger partial charge in [0.1, 0.15) is 12.1 Å². The molecule has 2 aromatic rings. The molecule has 3 nitrogen and oxygen atoms in total. The first-order valence-corrected chi connectivity index (χ1v) is 6.72. The number of rotatable bonds is 5. The van der Waals surface area contributed by atoms with Crippen LogP contribution in [0.3, 0.4) is 0 Å². The number of carbonyl (C=O) groups is 2. The van der Waals surface area contributed by atoms with Crippen molar-refractivity contribution in [1.29, 1.82) is 0 Å². The van der Waals surface area contributed by atoms with Crippen molar-refractivity contribution in [3.8, 4) is 11.1 Å². The van der Waals surface area contributed by atoms with Crippen molar-refractivity contribution < 1.29 is 14.0 Å². The van der Waals surface area contributed by atoms with Crippen LogP contribution in [0.15, 0.2) is 36.4 Å². The van der Waals surface area contributed by atoms with E-state index in [1.807, 2.05) is 6.07 Å². The number of hydrogen-bond donors (Lipinski definition) is 1. The summed E-state index contributed by atoms with van der Waals surface area (Å²) in [6, 6.07) is 9.41. The molecule has 0 aliphatic rings. The molecule has 0 spiro atoms. The maximum absolute atomic E-state index is 13.2. The largest absolute Gasteiger partial charge is 0.366 e. The lowest BCUT2D eigenvalue weighted by molar-refractivity contribution is -0.107. The lowest BCUT2D eigenvalue weighted by Gasteiger charge is -2.10. The van der Waals surface area contributed by atoms with Crippen LogP contribution in [0.1, 0.15) is 22.3 Å². The van der Waals surface area contributed by atoms with E-state index in [2.05, 4.69) is 0 Å². The van der Waals surface area contributed by atoms with Crippen molar-refractivity contribution in [3.05, 3.63) is 58.4 Å². The second-order valence-corrected chi connectivity index (χ2v) is 4.99. The van der Waals surface area contributed by atoms with E-state index in [0.717, 1.165) is 11.8 Å². The summed E-state index contributed by atoms with van der Waals surface area (Å²) in [4.78, 5) is 22.0. The average Bonchev–Trinajstić information content (AvgIpc) is 2.47. The summed E-state index contributed by atoms with van der Waals surface area (Å²) in [5, 5.41) is -0.0204. The maximum Gasteiger partial charge on any atom is 0.249 e. The Labute approximate surface area is 126 Å². The van der Waals surface area contributed by atoms with E-state index in [-0.39, 0.29) is 5.02 Å². The van der Waals surface area contributed by atoms with Crippen LogP contribution in [-0.4, -0.2) is 12.2 Å². The minimum atomic E-state index is -0.585. The fraction of sp³-hybridized carbons (Fsp3) is 0.125. The van der Waals surface area contributed by atoms with Gasteiger partial charge in [0, 0.05) is 12.0 Å². The minimum absolute atomic E-state index is 0.0204. The monoisotopic (exact) mass is 305 g/mol. The Morgan fingerprint density at radius 3 is 2.62 bits per heavy atom. The van der Waals surface area contributed by atoms with E-state index in [9.17, 15) is 14.0 Å². The molecule has 2 N–H and O–H groups in total. The summed E-state index contributed by atoms with van der Waals surface area (Å²) in [5.74, 6) is -1.11. The van der Waals surface area contributed by atoms with Gasteiger partial charge in [-0.2, -0.15) is 0 Å². The third-order valence-electron chi connectivity index (χ3n) is 3.13. The van der Waals surface area contributed by atoms with Crippen molar-refractivity contribution in [1.82, 2.24) is 0 Å². The molecule has 0 heterocycles. The van der Waals surface area contributed by atoms with Crippen LogP contribution in [0.25, 0.3) is 11.1 Å². The average molecular weight is 306 g/mol. The molecule has 0 aromatic heterocycles. The zero-order chi connectivity index (χ0) is 15.4. The van der Waals surface area contributed by atoms with Gasteiger partial charge in [0.2, 0.25) is 5.91 Å². The Morgan fingerprint density at radius 2 is 2.00 bits per heavy atom. The molecule has 0 fully saturated rings. The number of aldehydes is 1. The van der Waals surface area contributed by atoms with Gasteiger partial charge in [-0.25, -0.2) is 4.39 Å². The molecular formula is C16H13ClFNO2. The predicted molar refractivity (Wildman–Crippen MR) is 79.7 cm³/mol. The van der Waals surface area contributed by atoms with Crippen molar-refractivity contribution in [2.75, 3.05) is 0 Å². The normalized spacial score (nSPS) is 10.4. The van der Waals surface area contributed by atoms with Gasteiger partial charge in [0.15, 0.2) is 0 Å². The fourth-order valence-electron chi connectivity index (χ4n) is 2.09. The number of amides is 1. The summed E-state index contributed by atoms with van der Waals surface area (Å²) in [6.45, 7) is 0. The molecule has 0 saturated carbocycles. The van der Waals surface area contributed by atoms with E-state index < -0.39 is 11.7 Å². The van der Waals surface area contributed by atoms with Crippen LogP contribution >= 0.6 is 11.6 Å². The van der Waals surface area contributed by atoms with Crippen LogP contribution in [0.5, 0.6) is 0 Å². The zero-order valence-corrected chi connectivity index (χ0v) is 11.9. The number of primary amides is 1. The smallest absolute Gasteiger partial charge is 0.249 e. The lowest BCUT2D eigenvalue weighted by Crippen LogP contribution is -2.13. The molecule has 2 aromatic carbocycles. The summed E-state index contributed by atoms with van der Waals surface area (Å²) < 4.78 is 13.2. The van der Waals surface area contributed by atoms with Gasteiger partial charge in [-0.05, 0) is 41.3 Å². The molecule has 5 heteroatoms. The molecule has 21 heavy (non-hydrogen) atoms. The Balaban J connectivity index is 2.49. The second kappa shape index (κ2) is 6.50. The molecular weight excluding hydrogens is 293 g/mol. The van der Waals surface area contributed by atoms with Gasteiger partial charge < -0.3 is 10.5 Å². The number of nitrogens with two attached hydrogens (primary N) is 1. The topological polar surface area (TPSA) is 60.2 Å². The molecule has 1 amide bonds. The van der Waals surface area contributed by atoms with E-state index in [1.165, 1.54) is 18.2 Å². The van der Waals surface area contributed by atoms with Crippen molar-refractivity contribution >= 4 is 23.8 Å². The van der Waals surface area contributed by atoms with Crippen LogP contribution in [0.2, 0.25) is 5.02 Å². The van der Waals surface area contributed by atoms with Crippen LogP contribution in [-0.2, 0) is 11.2 Å². The number of halogens is 2. The molecule has 108 valence electrons. The van der Waals surface area contributed by atoms with Crippen molar-refractivity contribution in [2.24, 2.45) is 5.73 Å². The van der Waals surface area contributed by atoms with Gasteiger partial charge in [-0.3, -0.25) is 4.79 Å². The standard InChI is InChI=1S/C16H13ClFNO2/c17-14-9-11(4-6-15(14)18)12-5-3-10(2-1-7-20)8-13(12)16(19)21/h3-9H,1-2H2,(H2,19,21). The van der Waals surface area contributed by atoms with Gasteiger partial charge >= 0.3 is 0 Å². The maximum atomic E-state index is 13.2. The Kier molecular flexibility index (Phi) is 4.70. The first kappa shape index (κ1) is 15.2. The van der Waals surface area contributed by atoms with Gasteiger partial charge in [0.25, 0.3) is 0 Å². The first-order valence-electron chi connectivity index (χ1n) is 6.34. The number of aryl methyl sites for hydroxylation is 1. The van der Waals surface area contributed by atoms with Gasteiger partial charge in [0.05, 0.1) is 5.02 Å². The Hall–Kier alpha value is -2.20. The van der Waals surface area contributed by atoms with Crippen molar-refractivity contribution in [3.63, 3.8) is 0 Å². The highest BCUT2D eigenvalue weighted by Gasteiger charge is 2.12. The highest BCUT2D eigenvalue weighted by atomic mass is 35.5. The van der Waals surface area contributed by atoms with Crippen LogP contribution in [0, 0.1) is 5.82 Å². The third kappa shape index (κ3) is 3.47. The quantitative estimate of drug-likeness (QED) is 0.861. The van der Waals surface area contributed by atoms with E-state index in [4.69, 9.17) is 17.3 Å². The highest BCUT2D eigenvalue weighted by molar-refractivity contribution is 6.31. The Bertz CT molecular complexity index is 701. The summed E-state index contributed by atoms with van der Waals surface area (Å²) in [6.07, 6.45) is 1.73. The summed E-state index contributed by atoms with van der Waals surface area (Å²) >= 11 is 5.77. The first-order chi connectivity index (χ1) is 10.0. The predicted octanol–water partition coefficient (Wildman–Crippen LogP) is 3.38. The molecule has 0 bridgehead atoms. The molecule has 0 unspecified atom stereocenters. The summed E-state index contributed by atoms with van der Waals surface area (Å²) in [7, 11) is 0. The van der Waals surface area contributed by atoms with Crippen LogP contribution < -0.4 is 5.73 Å². The second-order valence-electron chi connectivity index (χ2n) is 4.58. The molecule has 0 aliphatic heterocycles. The van der Waals surface area contributed by atoms with E-state index in [1.54, 1.807) is 12.1 Å². The van der Waals surface area contributed by atoms with E-state index >= 15 is 0 Å². The van der Waals surface area contributed by atoms with E-state index in [0.29, 0.717) is 29.5 Å². The fourth-order valence-corrected chi connectivity index (χ4v) is 2.27. The SMILES string of the molecule is NC(=O)c1cc(CCC=O)ccc1-c1ccc(F)c(Cl)c1. The molecule has 2 rings (SSSR count). The zero-order valence-electron chi connectivity index (χ0n) is 11.1. The van der Waals surface area contributed by atoms with Crippen LogP contribution in [0.4, 0.5) is 4.39 Å². The molecule has 0 saturated heterocycles. The van der Waals surface area contributed by atoms with Gasteiger partial charge in [-0.15, -0.1) is 0 Å². The number of hydrogen-bond acceptors (Lipinski definition) is 2. The number of benzene rings is 2. The third-order valence-corrected chi connectivity index (χ3v) is 3.42. The number of carbonyl (C=O) groups excluding carboxylic acids is 2. The Morgan fingerprint density at radius 1 is 1.24 bits per heavy atom. The molecule has 0 aliphatic carbocycles. The summed E-state index contributed by atoms with van der Waals surface area (Å²) in [5.41, 5.74) is 7.75. The molecule has 0 atom stereocenters. The minimum Gasteiger partial charge on any atom is -0.366 e. The highest BCUT2D eigenvalue weighted by Crippen LogP contribution is 2.28.